The van der Waals surface area contributed by atoms with Crippen molar-refractivity contribution in [3.63, 3.8) is 0 Å². The van der Waals surface area contributed by atoms with Gasteiger partial charge in [0.1, 0.15) is 4.47 Å². The molecule has 0 amide bonds. The minimum absolute atomic E-state index is 0.202. The van der Waals surface area contributed by atoms with Crippen LogP contribution in [0.1, 0.15) is 11.1 Å². The smallest absolute Gasteiger partial charge is 0.258 e. The van der Waals surface area contributed by atoms with E-state index in [0.29, 0.717) is 0 Å². The Morgan fingerprint density at radius 1 is 1.44 bits per heavy atom. The molecule has 0 aliphatic heterocycles. The second-order valence-corrected chi connectivity index (χ2v) is 3.88. The van der Waals surface area contributed by atoms with E-state index in [9.17, 15) is 23.3 Å². The van der Waals surface area contributed by atoms with E-state index in [-0.39, 0.29) is 11.4 Å². The van der Waals surface area contributed by atoms with Crippen LogP contribution in [0.2, 0.25) is 0 Å². The maximum absolute atomic E-state index is 12.6. The predicted octanol–water partition coefficient (Wildman–Crippen LogP) is 4.11. The Bertz CT molecular complexity index is 436. The Morgan fingerprint density at radius 3 is 2.38 bits per heavy atom. The molecule has 3 nitrogen and oxygen atoms in total. The highest BCUT2D eigenvalue weighted by atomic mass is 79.9. The van der Waals surface area contributed by atoms with Crippen LogP contribution in [0.4, 0.5) is 18.9 Å². The zero-order chi connectivity index (χ0) is 12.5. The molecule has 1 aromatic carbocycles. The summed E-state index contributed by atoms with van der Waals surface area (Å²) in [7, 11) is 0. The third-order valence-corrected chi connectivity index (χ3v) is 2.92. The maximum atomic E-state index is 12.6. The molecular formula is C8H4BrClF3NO2. The summed E-state index contributed by atoms with van der Waals surface area (Å²) >= 11 is 7.94. The van der Waals surface area contributed by atoms with Crippen molar-refractivity contribution < 1.29 is 18.1 Å². The van der Waals surface area contributed by atoms with E-state index >= 15 is 0 Å². The largest absolute Gasteiger partial charge is 0.418 e. The number of nitro benzene ring substituents is 1. The van der Waals surface area contributed by atoms with Crippen LogP contribution in [0.25, 0.3) is 0 Å². The molecule has 0 aliphatic rings. The molecule has 0 aliphatic carbocycles. The number of nitrogens with zero attached hydrogens (tertiary/aromatic N) is 1. The van der Waals surface area contributed by atoms with Crippen LogP contribution in [-0.4, -0.2) is 4.92 Å². The van der Waals surface area contributed by atoms with Crippen molar-refractivity contribution in [3.05, 3.63) is 37.8 Å². The highest BCUT2D eigenvalue weighted by Gasteiger charge is 2.38. The van der Waals surface area contributed by atoms with Gasteiger partial charge in [0.2, 0.25) is 0 Å². The fourth-order valence-corrected chi connectivity index (χ4v) is 2.14. The number of nitro groups is 1. The first-order valence-electron chi connectivity index (χ1n) is 3.88. The molecule has 1 rings (SSSR count). The Balaban J connectivity index is 3.53. The SMILES string of the molecule is O=[N+]([O-])c1ccc(CCl)c(C(F)(F)F)c1Br. The highest BCUT2D eigenvalue weighted by Crippen LogP contribution is 2.42. The van der Waals surface area contributed by atoms with Crippen molar-refractivity contribution in [2.45, 2.75) is 12.1 Å². The van der Waals surface area contributed by atoms with Crippen molar-refractivity contribution in [1.29, 1.82) is 0 Å². The van der Waals surface area contributed by atoms with E-state index in [4.69, 9.17) is 11.6 Å². The quantitative estimate of drug-likeness (QED) is 0.468. The van der Waals surface area contributed by atoms with E-state index < -0.39 is 26.8 Å². The average Bonchev–Trinajstić information content (AvgIpc) is 2.14. The van der Waals surface area contributed by atoms with Gasteiger partial charge in [-0.25, -0.2) is 0 Å². The van der Waals surface area contributed by atoms with Crippen LogP contribution in [0.3, 0.4) is 0 Å². The van der Waals surface area contributed by atoms with Crippen molar-refractivity contribution in [2.24, 2.45) is 0 Å². The van der Waals surface area contributed by atoms with Gasteiger partial charge in [0, 0.05) is 11.9 Å². The number of rotatable bonds is 2. The topological polar surface area (TPSA) is 43.1 Å². The van der Waals surface area contributed by atoms with Crippen LogP contribution in [0.5, 0.6) is 0 Å². The van der Waals surface area contributed by atoms with Gasteiger partial charge < -0.3 is 0 Å². The molecule has 0 heterocycles. The first-order chi connectivity index (χ1) is 7.29. The van der Waals surface area contributed by atoms with Crippen LogP contribution in [0, 0.1) is 10.1 Å². The van der Waals surface area contributed by atoms with Crippen LogP contribution in [0.15, 0.2) is 16.6 Å². The van der Waals surface area contributed by atoms with Crippen LogP contribution < -0.4 is 0 Å². The zero-order valence-corrected chi connectivity index (χ0v) is 9.86. The molecule has 0 N–H and O–H groups in total. The average molecular weight is 318 g/mol. The summed E-state index contributed by atoms with van der Waals surface area (Å²) < 4.78 is 37.3. The molecule has 0 saturated heterocycles. The molecule has 0 radical (unpaired) electrons. The van der Waals surface area contributed by atoms with Gasteiger partial charge in [-0.3, -0.25) is 10.1 Å². The van der Waals surface area contributed by atoms with Crippen molar-refractivity contribution >= 4 is 33.2 Å². The summed E-state index contributed by atoms with van der Waals surface area (Å²) in [6.07, 6.45) is -4.69. The summed E-state index contributed by atoms with van der Waals surface area (Å²) in [4.78, 5) is 9.58. The van der Waals surface area contributed by atoms with Crippen molar-refractivity contribution in [1.82, 2.24) is 0 Å². The predicted molar refractivity (Wildman–Crippen MR) is 55.4 cm³/mol. The molecule has 0 unspecified atom stereocenters. The van der Waals surface area contributed by atoms with Gasteiger partial charge in [0.25, 0.3) is 5.69 Å². The van der Waals surface area contributed by atoms with Gasteiger partial charge in [-0.15, -0.1) is 11.6 Å². The molecule has 0 bridgehead atoms. The number of hydrogen-bond donors (Lipinski definition) is 0. The molecule has 1 aromatic rings. The van der Waals surface area contributed by atoms with Gasteiger partial charge in [0.15, 0.2) is 0 Å². The number of hydrogen-bond acceptors (Lipinski definition) is 2. The molecule has 0 spiro atoms. The molecule has 88 valence electrons. The molecular weight excluding hydrogens is 314 g/mol. The van der Waals surface area contributed by atoms with Crippen LogP contribution in [-0.2, 0) is 12.1 Å². The van der Waals surface area contributed by atoms with Gasteiger partial charge >= 0.3 is 6.18 Å². The number of halogens is 5. The Kier molecular flexibility index (Phi) is 3.80. The Labute approximate surface area is 101 Å². The fourth-order valence-electron chi connectivity index (χ4n) is 1.16. The second-order valence-electron chi connectivity index (χ2n) is 2.82. The maximum Gasteiger partial charge on any atom is 0.418 e. The first kappa shape index (κ1) is 13.2. The summed E-state index contributed by atoms with van der Waals surface area (Å²) in [6, 6.07) is 1.98. The van der Waals surface area contributed by atoms with E-state index in [1.807, 2.05) is 0 Å². The lowest BCUT2D eigenvalue weighted by Gasteiger charge is -2.12. The number of benzene rings is 1. The van der Waals surface area contributed by atoms with Crippen molar-refractivity contribution in [2.75, 3.05) is 0 Å². The summed E-state index contributed by atoms with van der Waals surface area (Å²) in [6.45, 7) is 0. The minimum atomic E-state index is -4.69. The standard InChI is InChI=1S/C8H4BrClF3NO2/c9-7-5(14(15)16)2-1-4(3-10)6(7)8(11,12)13/h1-2H,3H2. The molecule has 0 atom stereocenters. The van der Waals surface area contributed by atoms with Crippen LogP contribution >= 0.6 is 27.5 Å². The monoisotopic (exact) mass is 317 g/mol. The summed E-state index contributed by atoms with van der Waals surface area (Å²) in [5.41, 5.74) is -1.94. The highest BCUT2D eigenvalue weighted by molar-refractivity contribution is 9.10. The molecule has 8 heteroatoms. The van der Waals surface area contributed by atoms with E-state index in [2.05, 4.69) is 15.9 Å². The van der Waals surface area contributed by atoms with E-state index in [1.54, 1.807) is 0 Å². The number of alkyl halides is 4. The molecule has 0 aromatic heterocycles. The lowest BCUT2D eigenvalue weighted by atomic mass is 10.1. The summed E-state index contributed by atoms with van der Waals surface area (Å²) in [5.74, 6) is -0.370. The minimum Gasteiger partial charge on any atom is -0.258 e. The van der Waals surface area contributed by atoms with Gasteiger partial charge in [-0.1, -0.05) is 6.07 Å². The van der Waals surface area contributed by atoms with Gasteiger partial charge in [0.05, 0.1) is 10.5 Å². The zero-order valence-electron chi connectivity index (χ0n) is 7.52. The lowest BCUT2D eigenvalue weighted by molar-refractivity contribution is -0.386. The normalized spacial score (nSPS) is 11.6. The van der Waals surface area contributed by atoms with E-state index in [1.165, 1.54) is 0 Å². The first-order valence-corrected chi connectivity index (χ1v) is 5.20. The van der Waals surface area contributed by atoms with Crippen molar-refractivity contribution in [3.8, 4) is 0 Å². The third-order valence-electron chi connectivity index (χ3n) is 1.83. The Hall–Kier alpha value is -0.820. The molecule has 0 fully saturated rings. The second kappa shape index (κ2) is 4.58. The lowest BCUT2D eigenvalue weighted by Crippen LogP contribution is -2.11. The van der Waals surface area contributed by atoms with Gasteiger partial charge in [-0.2, -0.15) is 13.2 Å². The summed E-state index contributed by atoms with van der Waals surface area (Å²) in [5, 5.41) is 10.5. The third kappa shape index (κ3) is 2.46. The fraction of sp³-hybridized carbons (Fsp3) is 0.250. The molecule has 0 saturated carbocycles. The van der Waals surface area contributed by atoms with E-state index in [0.717, 1.165) is 12.1 Å². The Morgan fingerprint density at radius 2 is 2.00 bits per heavy atom. The molecule has 16 heavy (non-hydrogen) atoms. The van der Waals surface area contributed by atoms with Gasteiger partial charge in [-0.05, 0) is 21.5 Å².